The highest BCUT2D eigenvalue weighted by Crippen LogP contribution is 2.28. The zero-order valence-corrected chi connectivity index (χ0v) is 19.7. The van der Waals surface area contributed by atoms with Gasteiger partial charge >= 0.3 is 0 Å². The van der Waals surface area contributed by atoms with E-state index in [1.165, 1.54) is 18.5 Å². The summed E-state index contributed by atoms with van der Waals surface area (Å²) in [6.07, 6.45) is 20.6. The van der Waals surface area contributed by atoms with Crippen LogP contribution < -0.4 is 11.1 Å². The van der Waals surface area contributed by atoms with E-state index in [1.54, 1.807) is 22.9 Å². The summed E-state index contributed by atoms with van der Waals surface area (Å²) in [6, 6.07) is -0.115. The molecule has 8 heteroatoms. The Kier molecular flexibility index (Phi) is 8.81. The van der Waals surface area contributed by atoms with Gasteiger partial charge in [0.25, 0.3) is 0 Å². The summed E-state index contributed by atoms with van der Waals surface area (Å²) in [4.78, 5) is 17.0. The summed E-state index contributed by atoms with van der Waals surface area (Å²) in [5.41, 5.74) is 9.01. The van der Waals surface area contributed by atoms with Gasteiger partial charge in [-0.25, -0.2) is 4.68 Å². The molecule has 7 nitrogen and oxygen atoms in total. The van der Waals surface area contributed by atoms with Crippen LogP contribution in [0.15, 0.2) is 84.1 Å². The number of Topliss-reactive ketones (excluding diaryl/α,β-unsaturated/α-hetero) is 1. The van der Waals surface area contributed by atoms with E-state index in [2.05, 4.69) is 28.4 Å². The number of nitrogens with two attached hydrogens (primary N) is 1. The lowest BCUT2D eigenvalue weighted by atomic mass is 9.97. The van der Waals surface area contributed by atoms with Crippen LogP contribution in [0, 0.1) is 12.8 Å². The number of rotatable bonds is 11. The van der Waals surface area contributed by atoms with Gasteiger partial charge in [-0.2, -0.15) is 5.10 Å². The lowest BCUT2D eigenvalue weighted by molar-refractivity contribution is -0.0777. The average Bonchev–Trinajstić information content (AvgIpc) is 3.44. The molecule has 3 N–H and O–H groups in total. The van der Waals surface area contributed by atoms with Gasteiger partial charge < -0.3 is 15.8 Å². The maximum Gasteiger partial charge on any atom is 0.211 e. The van der Waals surface area contributed by atoms with Crippen molar-refractivity contribution < 1.29 is 19.0 Å². The highest BCUT2D eigenvalue weighted by molar-refractivity contribution is 6.09. The molecule has 0 spiro atoms. The van der Waals surface area contributed by atoms with Crippen LogP contribution in [0.3, 0.4) is 0 Å². The van der Waals surface area contributed by atoms with E-state index in [-0.39, 0.29) is 23.5 Å². The number of carbonyl (C=O) groups is 1. The van der Waals surface area contributed by atoms with Gasteiger partial charge in [-0.15, -0.1) is 0 Å². The first-order chi connectivity index (χ1) is 16.5. The molecule has 1 aliphatic carbocycles. The van der Waals surface area contributed by atoms with Crippen LogP contribution in [0.4, 0.5) is 4.53 Å². The second-order valence-electron chi connectivity index (χ2n) is 7.96. The fraction of sp³-hybridized carbons (Fsp3) is 0.308. The first kappa shape index (κ1) is 25.0. The van der Waals surface area contributed by atoms with Crippen molar-refractivity contribution in [3.8, 4) is 0 Å². The molecule has 0 radical (unpaired) electrons. The van der Waals surface area contributed by atoms with E-state index in [0.717, 1.165) is 12.0 Å². The summed E-state index contributed by atoms with van der Waals surface area (Å²) in [5.74, 6) is -0.217. The van der Waals surface area contributed by atoms with Gasteiger partial charge in [0.2, 0.25) is 5.78 Å². The minimum atomic E-state index is -0.187. The number of nitrogens with one attached hydrogen (secondary N) is 1. The van der Waals surface area contributed by atoms with Crippen molar-refractivity contribution in [3.05, 3.63) is 95.4 Å². The topological polar surface area (TPSA) is 91.4 Å². The number of carbonyl (C=O) groups excluding carboxylic acids is 1. The molecule has 2 aliphatic rings. The van der Waals surface area contributed by atoms with Crippen molar-refractivity contribution in [1.29, 1.82) is 0 Å². The summed E-state index contributed by atoms with van der Waals surface area (Å²) in [6.45, 7) is 6.74. The van der Waals surface area contributed by atoms with Gasteiger partial charge in [-0.1, -0.05) is 43.4 Å². The highest BCUT2D eigenvalue weighted by Gasteiger charge is 2.31. The Bertz CT molecular complexity index is 1110. The predicted octanol–water partition coefficient (Wildman–Crippen LogP) is 4.44. The fourth-order valence-corrected chi connectivity index (χ4v) is 3.75. The molecule has 0 amide bonds. The number of ether oxygens (including phenoxy) is 1. The SMILES string of the molecule is CC/C=C\C=C/COC/C=C(C)\C(=C/N)n1ncc(C(=O)C2=CC3C=C(OF)C=CC3N2)c1C. The molecule has 34 heavy (non-hydrogen) atoms. The predicted molar refractivity (Wildman–Crippen MR) is 131 cm³/mol. The van der Waals surface area contributed by atoms with Crippen LogP contribution in [0.2, 0.25) is 0 Å². The van der Waals surface area contributed by atoms with E-state index in [0.29, 0.717) is 35.9 Å². The Balaban J connectivity index is 1.67. The van der Waals surface area contributed by atoms with Crippen LogP contribution in [-0.2, 0) is 9.68 Å². The third kappa shape index (κ3) is 5.82. The molecule has 2 atom stereocenters. The quantitative estimate of drug-likeness (QED) is 0.285. The van der Waals surface area contributed by atoms with Crippen LogP contribution in [0.25, 0.3) is 5.70 Å². The van der Waals surface area contributed by atoms with Crippen LogP contribution in [0.5, 0.6) is 0 Å². The summed E-state index contributed by atoms with van der Waals surface area (Å²) in [5, 5.41) is 7.58. The Hall–Kier alpha value is -3.65. The van der Waals surface area contributed by atoms with E-state index in [4.69, 9.17) is 10.5 Å². The van der Waals surface area contributed by atoms with Gasteiger partial charge in [0.05, 0.1) is 48.1 Å². The third-order valence-corrected chi connectivity index (χ3v) is 5.64. The Labute approximate surface area is 199 Å². The van der Waals surface area contributed by atoms with E-state index in [9.17, 15) is 9.32 Å². The monoisotopic (exact) mass is 466 g/mol. The second kappa shape index (κ2) is 12.0. The number of halogens is 1. The standard InChI is InChI=1S/C26H31FN4O3/c1-4-5-6-7-8-12-33-13-11-18(2)25(16-28)31-19(3)22(17-29-31)26(32)24-15-20-14-21(34-27)9-10-23(20)30-24/h5-11,14-17,20,23,30H,4,12-13,28H2,1-3H3/b6-5-,8-7-,18-11-,25-16+. The van der Waals surface area contributed by atoms with Crippen LogP contribution in [0.1, 0.15) is 36.3 Å². The number of ketones is 1. The maximum absolute atomic E-state index is 13.2. The third-order valence-electron chi connectivity index (χ3n) is 5.64. The van der Waals surface area contributed by atoms with Gasteiger partial charge in [-0.3, -0.25) is 9.74 Å². The van der Waals surface area contributed by atoms with Crippen molar-refractivity contribution in [1.82, 2.24) is 15.1 Å². The summed E-state index contributed by atoms with van der Waals surface area (Å²) < 4.78 is 19.7. The molecule has 2 heterocycles. The fourth-order valence-electron chi connectivity index (χ4n) is 3.75. The van der Waals surface area contributed by atoms with E-state index < -0.39 is 0 Å². The molecular weight excluding hydrogens is 435 g/mol. The number of fused-ring (bicyclic) bond motifs is 1. The van der Waals surface area contributed by atoms with Crippen LogP contribution >= 0.6 is 0 Å². The molecule has 2 unspecified atom stereocenters. The lowest BCUT2D eigenvalue weighted by Crippen LogP contribution is -2.29. The Morgan fingerprint density at radius 2 is 2.09 bits per heavy atom. The molecule has 0 aromatic carbocycles. The van der Waals surface area contributed by atoms with Crippen molar-refractivity contribution in [3.63, 3.8) is 0 Å². The molecule has 1 aromatic rings. The molecule has 1 aliphatic heterocycles. The highest BCUT2D eigenvalue weighted by atomic mass is 19.3. The number of allylic oxidation sites excluding steroid dienone is 7. The minimum absolute atomic E-state index is 0.115. The van der Waals surface area contributed by atoms with Crippen LogP contribution in [-0.4, -0.2) is 34.8 Å². The molecule has 180 valence electrons. The van der Waals surface area contributed by atoms with Crippen molar-refractivity contribution in [2.24, 2.45) is 11.7 Å². The van der Waals surface area contributed by atoms with E-state index in [1.807, 2.05) is 38.2 Å². The largest absolute Gasteiger partial charge is 0.403 e. The molecule has 1 aromatic heterocycles. The molecular formula is C26H31FN4O3. The first-order valence-electron chi connectivity index (χ1n) is 11.2. The van der Waals surface area contributed by atoms with Gasteiger partial charge in [0.1, 0.15) is 0 Å². The van der Waals surface area contributed by atoms with Crippen molar-refractivity contribution in [2.75, 3.05) is 13.2 Å². The molecule has 0 bridgehead atoms. The zero-order valence-electron chi connectivity index (χ0n) is 19.7. The van der Waals surface area contributed by atoms with Crippen molar-refractivity contribution >= 4 is 11.5 Å². The number of nitrogens with zero attached hydrogens (tertiary/aromatic N) is 2. The van der Waals surface area contributed by atoms with Gasteiger partial charge in [0, 0.05) is 16.6 Å². The van der Waals surface area contributed by atoms with Gasteiger partial charge in [0.15, 0.2) is 5.76 Å². The molecule has 0 saturated carbocycles. The van der Waals surface area contributed by atoms with E-state index >= 15 is 0 Å². The normalized spacial score (nSPS) is 20.5. The maximum atomic E-state index is 13.2. The summed E-state index contributed by atoms with van der Waals surface area (Å²) >= 11 is 0. The zero-order chi connectivity index (χ0) is 24.5. The van der Waals surface area contributed by atoms with Crippen molar-refractivity contribution in [2.45, 2.75) is 33.2 Å². The molecule has 3 rings (SSSR count). The molecule has 0 fully saturated rings. The number of hydrogen-bond donors (Lipinski definition) is 2. The minimum Gasteiger partial charge on any atom is -0.403 e. The first-order valence-corrected chi connectivity index (χ1v) is 11.2. The number of aromatic nitrogens is 2. The van der Waals surface area contributed by atoms with Gasteiger partial charge in [-0.05, 0) is 44.1 Å². The second-order valence-corrected chi connectivity index (χ2v) is 7.96. The Morgan fingerprint density at radius 3 is 2.82 bits per heavy atom. The number of hydrogen-bond acceptors (Lipinski definition) is 6. The lowest BCUT2D eigenvalue weighted by Gasteiger charge is -2.17. The smallest absolute Gasteiger partial charge is 0.211 e. The Morgan fingerprint density at radius 1 is 1.29 bits per heavy atom. The molecule has 0 saturated heterocycles. The average molecular weight is 467 g/mol. The summed E-state index contributed by atoms with van der Waals surface area (Å²) in [7, 11) is 0.